The van der Waals surface area contributed by atoms with Gasteiger partial charge in [-0.3, -0.25) is 4.98 Å². The zero-order chi connectivity index (χ0) is 17.8. The molecule has 2 aromatic heterocycles. The van der Waals surface area contributed by atoms with Crippen LogP contribution in [0.1, 0.15) is 5.69 Å². The molecule has 2 heterocycles. The van der Waals surface area contributed by atoms with Crippen LogP contribution in [0.25, 0.3) is 10.9 Å². The largest absolute Gasteiger partial charge is 0.495 e. The lowest BCUT2D eigenvalue weighted by Crippen LogP contribution is -1.93. The number of pyridine rings is 1. The summed E-state index contributed by atoms with van der Waals surface area (Å²) in [5.41, 5.74) is 2.92. The standard InChI is InChI=1S/C19H16N4OS2/c1-24-17-9-5-4-8-16(17)21-18-22-23-19(26-18)25-12-14-11-10-13-6-2-3-7-15(13)20-14/h2-11H,12H2,1H3,(H,21,22). The highest BCUT2D eigenvalue weighted by atomic mass is 32.2. The van der Waals surface area contributed by atoms with Gasteiger partial charge in [0.25, 0.3) is 0 Å². The summed E-state index contributed by atoms with van der Waals surface area (Å²) in [4.78, 5) is 4.69. The highest BCUT2D eigenvalue weighted by Crippen LogP contribution is 2.32. The van der Waals surface area contributed by atoms with E-state index in [1.165, 1.54) is 11.3 Å². The maximum absolute atomic E-state index is 5.35. The van der Waals surface area contributed by atoms with Crippen LogP contribution in [0.3, 0.4) is 0 Å². The summed E-state index contributed by atoms with van der Waals surface area (Å²) in [6.45, 7) is 0. The molecule has 0 bridgehead atoms. The number of aromatic nitrogens is 3. The van der Waals surface area contributed by atoms with Crippen molar-refractivity contribution in [3.05, 3.63) is 66.4 Å². The van der Waals surface area contributed by atoms with Crippen LogP contribution in [0, 0.1) is 0 Å². The first-order valence-electron chi connectivity index (χ1n) is 8.03. The summed E-state index contributed by atoms with van der Waals surface area (Å²) in [6.07, 6.45) is 0. The molecule has 0 fully saturated rings. The van der Waals surface area contributed by atoms with Crippen LogP contribution < -0.4 is 10.1 Å². The number of ether oxygens (including phenoxy) is 1. The third-order valence-corrected chi connectivity index (χ3v) is 5.76. The molecule has 1 N–H and O–H groups in total. The normalized spacial score (nSPS) is 10.8. The Kier molecular flexibility index (Phi) is 4.99. The molecular weight excluding hydrogens is 364 g/mol. The van der Waals surface area contributed by atoms with Crippen molar-refractivity contribution in [2.75, 3.05) is 12.4 Å². The number of hydrogen-bond donors (Lipinski definition) is 1. The molecule has 7 heteroatoms. The lowest BCUT2D eigenvalue weighted by molar-refractivity contribution is 0.417. The highest BCUT2D eigenvalue weighted by molar-refractivity contribution is 8.00. The van der Waals surface area contributed by atoms with E-state index in [-0.39, 0.29) is 0 Å². The second-order valence-corrected chi connectivity index (χ2v) is 7.68. The maximum Gasteiger partial charge on any atom is 0.210 e. The van der Waals surface area contributed by atoms with E-state index in [2.05, 4.69) is 33.7 Å². The number of para-hydroxylation sites is 3. The Morgan fingerprint density at radius 2 is 1.85 bits per heavy atom. The third kappa shape index (κ3) is 3.79. The van der Waals surface area contributed by atoms with Crippen molar-refractivity contribution in [1.29, 1.82) is 0 Å². The Labute approximate surface area is 159 Å². The minimum Gasteiger partial charge on any atom is -0.495 e. The van der Waals surface area contributed by atoms with Crippen molar-refractivity contribution in [3.63, 3.8) is 0 Å². The van der Waals surface area contributed by atoms with E-state index in [1.54, 1.807) is 18.9 Å². The molecule has 0 aliphatic rings. The van der Waals surface area contributed by atoms with Crippen molar-refractivity contribution in [2.24, 2.45) is 0 Å². The van der Waals surface area contributed by atoms with Gasteiger partial charge in [-0.05, 0) is 24.3 Å². The molecule has 2 aromatic carbocycles. The fourth-order valence-corrected chi connectivity index (χ4v) is 4.18. The topological polar surface area (TPSA) is 59.9 Å². The molecular formula is C19H16N4OS2. The predicted octanol–water partition coefficient (Wildman–Crippen LogP) is 5.13. The Balaban J connectivity index is 1.43. The van der Waals surface area contributed by atoms with E-state index in [1.807, 2.05) is 42.5 Å². The summed E-state index contributed by atoms with van der Waals surface area (Å²) < 4.78 is 6.25. The van der Waals surface area contributed by atoms with E-state index < -0.39 is 0 Å². The van der Waals surface area contributed by atoms with E-state index in [9.17, 15) is 0 Å². The van der Waals surface area contributed by atoms with Gasteiger partial charge in [-0.2, -0.15) is 0 Å². The predicted molar refractivity (Wildman–Crippen MR) is 107 cm³/mol. The monoisotopic (exact) mass is 380 g/mol. The molecule has 130 valence electrons. The number of anilines is 2. The maximum atomic E-state index is 5.35. The van der Waals surface area contributed by atoms with Crippen LogP contribution in [-0.4, -0.2) is 22.3 Å². The van der Waals surface area contributed by atoms with E-state index in [0.29, 0.717) is 0 Å². The molecule has 5 nitrogen and oxygen atoms in total. The summed E-state index contributed by atoms with van der Waals surface area (Å²) in [5, 5.41) is 13.6. The molecule has 26 heavy (non-hydrogen) atoms. The van der Waals surface area contributed by atoms with Crippen LogP contribution in [-0.2, 0) is 5.75 Å². The van der Waals surface area contributed by atoms with Crippen LogP contribution in [0.15, 0.2) is 65.0 Å². The molecule has 0 saturated heterocycles. The van der Waals surface area contributed by atoms with Crippen LogP contribution >= 0.6 is 23.1 Å². The van der Waals surface area contributed by atoms with Gasteiger partial charge in [0, 0.05) is 11.1 Å². The second-order valence-electron chi connectivity index (χ2n) is 5.48. The summed E-state index contributed by atoms with van der Waals surface area (Å²) >= 11 is 3.15. The van der Waals surface area contributed by atoms with Gasteiger partial charge in [-0.1, -0.05) is 59.5 Å². The molecule has 0 atom stereocenters. The van der Waals surface area contributed by atoms with Gasteiger partial charge in [-0.15, -0.1) is 10.2 Å². The zero-order valence-corrected chi connectivity index (χ0v) is 15.7. The lowest BCUT2D eigenvalue weighted by Gasteiger charge is -2.07. The first kappa shape index (κ1) is 16.8. The zero-order valence-electron chi connectivity index (χ0n) is 14.0. The van der Waals surface area contributed by atoms with Gasteiger partial charge >= 0.3 is 0 Å². The molecule has 4 aromatic rings. The summed E-state index contributed by atoms with van der Waals surface area (Å²) in [7, 11) is 1.65. The lowest BCUT2D eigenvalue weighted by atomic mass is 10.2. The van der Waals surface area contributed by atoms with Crippen LogP contribution in [0.4, 0.5) is 10.8 Å². The quantitative estimate of drug-likeness (QED) is 0.468. The molecule has 0 aliphatic heterocycles. The number of nitrogens with zero attached hydrogens (tertiary/aromatic N) is 3. The van der Waals surface area contributed by atoms with Gasteiger partial charge in [0.15, 0.2) is 4.34 Å². The molecule has 0 amide bonds. The summed E-state index contributed by atoms with van der Waals surface area (Å²) in [6, 6.07) is 20.0. The van der Waals surface area contributed by atoms with E-state index in [0.717, 1.165) is 43.3 Å². The molecule has 0 radical (unpaired) electrons. The number of rotatable bonds is 6. The third-order valence-electron chi connectivity index (χ3n) is 3.75. The van der Waals surface area contributed by atoms with Gasteiger partial charge in [0.05, 0.1) is 24.0 Å². The number of benzene rings is 2. The van der Waals surface area contributed by atoms with Crippen LogP contribution in [0.5, 0.6) is 5.75 Å². The van der Waals surface area contributed by atoms with Crippen LogP contribution in [0.2, 0.25) is 0 Å². The molecule has 0 saturated carbocycles. The number of methoxy groups -OCH3 is 1. The Morgan fingerprint density at radius 1 is 1.00 bits per heavy atom. The fraction of sp³-hybridized carbons (Fsp3) is 0.105. The molecule has 0 spiro atoms. The molecule has 0 aliphatic carbocycles. The van der Waals surface area contributed by atoms with Gasteiger partial charge in [0.2, 0.25) is 5.13 Å². The number of thioether (sulfide) groups is 1. The highest BCUT2D eigenvalue weighted by Gasteiger charge is 2.09. The fourth-order valence-electron chi connectivity index (χ4n) is 2.51. The minimum atomic E-state index is 0.739. The first-order chi connectivity index (χ1) is 12.8. The Bertz CT molecular complexity index is 1030. The Hall–Kier alpha value is -2.64. The minimum absolute atomic E-state index is 0.739. The smallest absolute Gasteiger partial charge is 0.210 e. The average Bonchev–Trinajstić information content (AvgIpc) is 3.14. The Morgan fingerprint density at radius 3 is 2.77 bits per heavy atom. The second kappa shape index (κ2) is 7.72. The SMILES string of the molecule is COc1ccccc1Nc1nnc(SCc2ccc3ccccc3n2)s1. The van der Waals surface area contributed by atoms with E-state index >= 15 is 0 Å². The van der Waals surface area contributed by atoms with Crippen molar-refractivity contribution in [2.45, 2.75) is 10.1 Å². The van der Waals surface area contributed by atoms with Crippen molar-refractivity contribution in [3.8, 4) is 5.75 Å². The number of fused-ring (bicyclic) bond motifs is 1. The van der Waals surface area contributed by atoms with Gasteiger partial charge < -0.3 is 10.1 Å². The molecule has 4 rings (SSSR count). The van der Waals surface area contributed by atoms with Crippen molar-refractivity contribution >= 4 is 44.8 Å². The van der Waals surface area contributed by atoms with E-state index in [4.69, 9.17) is 9.72 Å². The van der Waals surface area contributed by atoms with Crippen molar-refractivity contribution in [1.82, 2.24) is 15.2 Å². The number of nitrogens with one attached hydrogen (secondary N) is 1. The van der Waals surface area contributed by atoms with Gasteiger partial charge in [0.1, 0.15) is 5.75 Å². The first-order valence-corrected chi connectivity index (χ1v) is 9.83. The number of hydrogen-bond acceptors (Lipinski definition) is 7. The van der Waals surface area contributed by atoms with Gasteiger partial charge in [-0.25, -0.2) is 0 Å². The van der Waals surface area contributed by atoms with Crippen molar-refractivity contribution < 1.29 is 4.74 Å². The molecule has 0 unspecified atom stereocenters. The summed E-state index contributed by atoms with van der Waals surface area (Å²) in [5.74, 6) is 1.53. The average molecular weight is 380 g/mol.